The maximum absolute atomic E-state index is 13.9. The Labute approximate surface area is 141 Å². The third kappa shape index (κ3) is 4.41. The van der Waals surface area contributed by atoms with Crippen molar-refractivity contribution in [2.45, 2.75) is 26.7 Å². The van der Waals surface area contributed by atoms with Crippen LogP contribution in [0.2, 0.25) is 0 Å². The predicted octanol–water partition coefficient (Wildman–Crippen LogP) is 3.77. The fourth-order valence-electron chi connectivity index (χ4n) is 2.49. The van der Waals surface area contributed by atoms with Gasteiger partial charge < -0.3 is 10.2 Å². The van der Waals surface area contributed by atoms with Crippen molar-refractivity contribution in [1.29, 1.82) is 0 Å². The molecule has 0 radical (unpaired) electrons. The first-order chi connectivity index (χ1) is 11.5. The fraction of sp³-hybridized carbons (Fsp3) is 0.263. The number of para-hydroxylation sites is 2. The molecule has 0 aliphatic heterocycles. The second kappa shape index (κ2) is 8.24. The monoisotopic (exact) mass is 328 g/mol. The molecule has 2 aromatic carbocycles. The molecule has 0 aliphatic rings. The van der Waals surface area contributed by atoms with E-state index in [4.69, 9.17) is 0 Å². The first-order valence-corrected chi connectivity index (χ1v) is 7.93. The van der Waals surface area contributed by atoms with Crippen molar-refractivity contribution in [2.24, 2.45) is 0 Å². The number of aryl methyl sites for hydroxylation is 1. The Bertz CT molecular complexity index is 731. The summed E-state index contributed by atoms with van der Waals surface area (Å²) in [5, 5.41) is 2.85. The van der Waals surface area contributed by atoms with E-state index in [0.717, 1.165) is 17.7 Å². The molecule has 0 saturated heterocycles. The summed E-state index contributed by atoms with van der Waals surface area (Å²) in [6, 6.07) is 13.6. The highest BCUT2D eigenvalue weighted by atomic mass is 19.1. The van der Waals surface area contributed by atoms with Crippen LogP contribution >= 0.6 is 0 Å². The number of hydrogen-bond donors (Lipinski definition) is 1. The van der Waals surface area contributed by atoms with Gasteiger partial charge in [-0.3, -0.25) is 9.59 Å². The number of halogens is 1. The molecule has 1 N–H and O–H groups in total. The van der Waals surface area contributed by atoms with Crippen molar-refractivity contribution in [1.82, 2.24) is 0 Å². The summed E-state index contributed by atoms with van der Waals surface area (Å²) in [5.41, 5.74) is 2.00. The summed E-state index contributed by atoms with van der Waals surface area (Å²) >= 11 is 0. The average molecular weight is 328 g/mol. The minimum absolute atomic E-state index is 0.0892. The molecule has 126 valence electrons. The number of anilines is 2. The van der Waals surface area contributed by atoms with Crippen LogP contribution in [0.15, 0.2) is 48.5 Å². The summed E-state index contributed by atoms with van der Waals surface area (Å²) in [4.78, 5) is 25.3. The molecule has 0 bridgehead atoms. The summed E-state index contributed by atoms with van der Waals surface area (Å²) in [6.07, 6.45) is 0.900. The van der Waals surface area contributed by atoms with Crippen LogP contribution in [0.25, 0.3) is 0 Å². The standard InChI is InChI=1S/C19H21FN2O2/c1-3-15-8-4-6-10-17(15)21-19(24)12-13-22(14(2)23)18-11-7-5-9-16(18)20/h4-11H,3,12-13H2,1-2H3,(H,21,24). The van der Waals surface area contributed by atoms with E-state index in [9.17, 15) is 14.0 Å². The Balaban J connectivity index is 2.03. The Kier molecular flexibility index (Phi) is 6.07. The Morgan fingerprint density at radius 2 is 1.75 bits per heavy atom. The van der Waals surface area contributed by atoms with Crippen LogP contribution < -0.4 is 10.2 Å². The van der Waals surface area contributed by atoms with Gasteiger partial charge in [0.25, 0.3) is 0 Å². The topological polar surface area (TPSA) is 49.4 Å². The van der Waals surface area contributed by atoms with Crippen LogP contribution in [0.5, 0.6) is 0 Å². The van der Waals surface area contributed by atoms with E-state index in [2.05, 4.69) is 5.32 Å². The van der Waals surface area contributed by atoms with Gasteiger partial charge in [-0.2, -0.15) is 0 Å². The van der Waals surface area contributed by atoms with Gasteiger partial charge in [-0.15, -0.1) is 0 Å². The third-order valence-corrected chi connectivity index (χ3v) is 3.76. The van der Waals surface area contributed by atoms with Crippen molar-refractivity contribution >= 4 is 23.2 Å². The summed E-state index contributed by atoms with van der Waals surface area (Å²) in [6.45, 7) is 3.49. The van der Waals surface area contributed by atoms with E-state index in [1.165, 1.54) is 24.0 Å². The number of benzene rings is 2. The van der Waals surface area contributed by atoms with Gasteiger partial charge in [-0.25, -0.2) is 4.39 Å². The molecule has 2 rings (SSSR count). The molecule has 0 fully saturated rings. The predicted molar refractivity (Wildman–Crippen MR) is 93.5 cm³/mol. The maximum atomic E-state index is 13.9. The molecule has 0 spiro atoms. The summed E-state index contributed by atoms with van der Waals surface area (Å²) < 4.78 is 13.9. The van der Waals surface area contributed by atoms with E-state index in [1.807, 2.05) is 31.2 Å². The van der Waals surface area contributed by atoms with E-state index in [1.54, 1.807) is 12.1 Å². The molecule has 5 heteroatoms. The van der Waals surface area contributed by atoms with Crippen LogP contribution in [0, 0.1) is 5.82 Å². The minimum atomic E-state index is -0.482. The van der Waals surface area contributed by atoms with E-state index in [0.29, 0.717) is 0 Å². The lowest BCUT2D eigenvalue weighted by molar-refractivity contribution is -0.117. The molecular weight excluding hydrogens is 307 g/mol. The number of carbonyl (C=O) groups is 2. The average Bonchev–Trinajstić information content (AvgIpc) is 2.57. The largest absolute Gasteiger partial charge is 0.326 e. The molecular formula is C19H21FN2O2. The van der Waals surface area contributed by atoms with Crippen molar-refractivity contribution in [3.63, 3.8) is 0 Å². The molecule has 4 nitrogen and oxygen atoms in total. The van der Waals surface area contributed by atoms with Gasteiger partial charge in [0.05, 0.1) is 5.69 Å². The highest BCUT2D eigenvalue weighted by molar-refractivity contribution is 5.95. The zero-order valence-electron chi connectivity index (χ0n) is 13.9. The number of hydrogen-bond acceptors (Lipinski definition) is 2. The van der Waals surface area contributed by atoms with Gasteiger partial charge >= 0.3 is 0 Å². The molecule has 0 atom stereocenters. The van der Waals surface area contributed by atoms with E-state index >= 15 is 0 Å². The first kappa shape index (κ1) is 17.7. The second-order valence-electron chi connectivity index (χ2n) is 5.43. The number of nitrogens with zero attached hydrogens (tertiary/aromatic N) is 1. The Morgan fingerprint density at radius 3 is 2.42 bits per heavy atom. The van der Waals surface area contributed by atoms with Crippen LogP contribution in [-0.2, 0) is 16.0 Å². The molecule has 0 aliphatic carbocycles. The van der Waals surface area contributed by atoms with Gasteiger partial charge in [0, 0.05) is 25.6 Å². The molecule has 0 unspecified atom stereocenters. The molecule has 2 amide bonds. The van der Waals surface area contributed by atoms with E-state index < -0.39 is 5.82 Å². The number of amides is 2. The quantitative estimate of drug-likeness (QED) is 0.877. The number of carbonyl (C=O) groups excluding carboxylic acids is 2. The Hall–Kier alpha value is -2.69. The molecule has 0 heterocycles. The number of rotatable bonds is 6. The van der Waals surface area contributed by atoms with Gasteiger partial charge in [0.1, 0.15) is 5.82 Å². The summed E-state index contributed by atoms with van der Waals surface area (Å²) in [7, 11) is 0. The lowest BCUT2D eigenvalue weighted by atomic mass is 10.1. The van der Waals surface area contributed by atoms with Crippen LogP contribution in [-0.4, -0.2) is 18.4 Å². The fourth-order valence-corrected chi connectivity index (χ4v) is 2.49. The molecule has 0 saturated carbocycles. The highest BCUT2D eigenvalue weighted by Crippen LogP contribution is 2.20. The number of nitrogens with one attached hydrogen (secondary N) is 1. The first-order valence-electron chi connectivity index (χ1n) is 7.93. The molecule has 2 aromatic rings. The van der Waals surface area contributed by atoms with Gasteiger partial charge in [0.15, 0.2) is 0 Å². The molecule has 24 heavy (non-hydrogen) atoms. The minimum Gasteiger partial charge on any atom is -0.326 e. The third-order valence-electron chi connectivity index (χ3n) is 3.76. The van der Waals surface area contributed by atoms with Crippen molar-refractivity contribution in [3.8, 4) is 0 Å². The normalized spacial score (nSPS) is 10.3. The van der Waals surface area contributed by atoms with Crippen molar-refractivity contribution in [2.75, 3.05) is 16.8 Å². The Morgan fingerprint density at radius 1 is 1.08 bits per heavy atom. The van der Waals surface area contributed by atoms with Crippen LogP contribution in [0.3, 0.4) is 0 Å². The SMILES string of the molecule is CCc1ccccc1NC(=O)CCN(C(C)=O)c1ccccc1F. The summed E-state index contributed by atoms with van der Waals surface area (Å²) in [5.74, 6) is -0.996. The van der Waals surface area contributed by atoms with Gasteiger partial charge in [0.2, 0.25) is 11.8 Å². The van der Waals surface area contributed by atoms with Gasteiger partial charge in [-0.05, 0) is 30.2 Å². The van der Waals surface area contributed by atoms with Crippen molar-refractivity contribution in [3.05, 3.63) is 59.9 Å². The van der Waals surface area contributed by atoms with Crippen molar-refractivity contribution < 1.29 is 14.0 Å². The zero-order valence-corrected chi connectivity index (χ0v) is 13.9. The van der Waals surface area contributed by atoms with Crippen LogP contribution in [0.1, 0.15) is 25.8 Å². The lowest BCUT2D eigenvalue weighted by Gasteiger charge is -2.21. The maximum Gasteiger partial charge on any atom is 0.226 e. The smallest absolute Gasteiger partial charge is 0.226 e. The zero-order chi connectivity index (χ0) is 17.5. The second-order valence-corrected chi connectivity index (χ2v) is 5.43. The van der Waals surface area contributed by atoms with E-state index in [-0.39, 0.29) is 30.5 Å². The van der Waals surface area contributed by atoms with Gasteiger partial charge in [-0.1, -0.05) is 37.3 Å². The molecule has 0 aromatic heterocycles. The van der Waals surface area contributed by atoms with Crippen LogP contribution in [0.4, 0.5) is 15.8 Å². The lowest BCUT2D eigenvalue weighted by Crippen LogP contribution is -2.32. The highest BCUT2D eigenvalue weighted by Gasteiger charge is 2.17.